The molecular weight excluding hydrogens is 214 g/mol. The number of thioether (sulfide) groups is 1. The lowest BCUT2D eigenvalue weighted by Crippen LogP contribution is -1.72. The van der Waals surface area contributed by atoms with Gasteiger partial charge in [-0.05, 0) is 18.4 Å². The number of hydrogen-bond acceptors (Lipinski definition) is 4. The van der Waals surface area contributed by atoms with E-state index >= 15 is 0 Å². The van der Waals surface area contributed by atoms with Crippen LogP contribution in [-0.2, 0) is 0 Å². The van der Waals surface area contributed by atoms with Crippen LogP contribution < -0.4 is 0 Å². The molecule has 2 nitrogen and oxygen atoms in total. The maximum absolute atomic E-state index is 9.61. The van der Waals surface area contributed by atoms with Gasteiger partial charge in [0.2, 0.25) is 0 Å². The zero-order valence-electron chi connectivity index (χ0n) is 7.44. The van der Waals surface area contributed by atoms with Gasteiger partial charge in [-0.3, -0.25) is 0 Å². The summed E-state index contributed by atoms with van der Waals surface area (Å²) in [5.41, 5.74) is 0.631. The van der Waals surface area contributed by atoms with Gasteiger partial charge in [0.05, 0.1) is 16.5 Å². The fourth-order valence-electron chi connectivity index (χ4n) is 1.33. The second-order valence-corrected chi connectivity index (χ2v) is 4.61. The van der Waals surface area contributed by atoms with E-state index in [9.17, 15) is 5.11 Å². The molecule has 0 spiro atoms. The van der Waals surface area contributed by atoms with Crippen molar-refractivity contribution in [1.29, 1.82) is 5.26 Å². The molecule has 1 aromatic heterocycles. The van der Waals surface area contributed by atoms with Gasteiger partial charge < -0.3 is 5.11 Å². The molecule has 0 saturated carbocycles. The average Bonchev–Trinajstić information content (AvgIpc) is 2.51. The first-order valence-electron chi connectivity index (χ1n) is 3.96. The van der Waals surface area contributed by atoms with E-state index in [4.69, 9.17) is 5.26 Å². The second-order valence-electron chi connectivity index (χ2n) is 2.76. The standard InChI is InChI=1S/C10H7NOS2/c1-13-9-7-3-2-6(5-11)4-8(7)14-10(9)12/h2-4,12H,1H3. The van der Waals surface area contributed by atoms with Crippen molar-refractivity contribution in [2.75, 3.05) is 6.26 Å². The monoisotopic (exact) mass is 221 g/mol. The number of nitriles is 1. The third-order valence-corrected chi connectivity index (χ3v) is 3.87. The molecule has 0 aliphatic rings. The van der Waals surface area contributed by atoms with E-state index in [1.54, 1.807) is 12.1 Å². The van der Waals surface area contributed by atoms with Crippen molar-refractivity contribution in [3.05, 3.63) is 23.8 Å². The summed E-state index contributed by atoms with van der Waals surface area (Å²) in [7, 11) is 0. The Morgan fingerprint density at radius 1 is 1.50 bits per heavy atom. The zero-order valence-corrected chi connectivity index (χ0v) is 9.08. The number of aromatic hydroxyl groups is 1. The Bertz CT molecular complexity index is 525. The average molecular weight is 221 g/mol. The van der Waals surface area contributed by atoms with Crippen molar-refractivity contribution in [2.45, 2.75) is 4.90 Å². The highest BCUT2D eigenvalue weighted by Crippen LogP contribution is 2.42. The minimum atomic E-state index is 0.336. The summed E-state index contributed by atoms with van der Waals surface area (Å²) in [5.74, 6) is 0. The molecule has 0 aliphatic carbocycles. The van der Waals surface area contributed by atoms with E-state index in [0.29, 0.717) is 10.6 Å². The third kappa shape index (κ3) is 1.35. The molecule has 0 amide bonds. The molecule has 1 aromatic carbocycles. The number of fused-ring (bicyclic) bond motifs is 1. The van der Waals surface area contributed by atoms with E-state index in [2.05, 4.69) is 6.07 Å². The van der Waals surface area contributed by atoms with E-state index in [1.165, 1.54) is 23.1 Å². The van der Waals surface area contributed by atoms with Crippen molar-refractivity contribution >= 4 is 33.2 Å². The van der Waals surface area contributed by atoms with Crippen LogP contribution in [0.25, 0.3) is 10.1 Å². The van der Waals surface area contributed by atoms with Gasteiger partial charge in [0.25, 0.3) is 0 Å². The van der Waals surface area contributed by atoms with Crippen LogP contribution >= 0.6 is 23.1 Å². The lowest BCUT2D eigenvalue weighted by Gasteiger charge is -1.93. The summed E-state index contributed by atoms with van der Waals surface area (Å²) in [6, 6.07) is 7.55. The van der Waals surface area contributed by atoms with Crippen LogP contribution in [0.5, 0.6) is 5.06 Å². The highest BCUT2D eigenvalue weighted by molar-refractivity contribution is 7.99. The van der Waals surface area contributed by atoms with E-state index in [-0.39, 0.29) is 0 Å². The predicted molar refractivity (Wildman–Crippen MR) is 60.0 cm³/mol. The fraction of sp³-hybridized carbons (Fsp3) is 0.100. The van der Waals surface area contributed by atoms with Crippen molar-refractivity contribution in [2.24, 2.45) is 0 Å². The Balaban J connectivity index is 2.76. The molecule has 70 valence electrons. The lowest BCUT2D eigenvalue weighted by molar-refractivity contribution is 0.480. The van der Waals surface area contributed by atoms with E-state index in [1.807, 2.05) is 12.3 Å². The van der Waals surface area contributed by atoms with Gasteiger partial charge in [-0.25, -0.2) is 0 Å². The summed E-state index contributed by atoms with van der Waals surface area (Å²) < 4.78 is 0.964. The SMILES string of the molecule is CSc1c(O)sc2cc(C#N)ccc12. The van der Waals surface area contributed by atoms with Crippen LogP contribution in [0.4, 0.5) is 0 Å². The normalized spacial score (nSPS) is 10.3. The maximum atomic E-state index is 9.61. The molecule has 0 bridgehead atoms. The molecular formula is C10H7NOS2. The van der Waals surface area contributed by atoms with Crippen molar-refractivity contribution in [1.82, 2.24) is 0 Å². The molecule has 4 heteroatoms. The minimum Gasteiger partial charge on any atom is -0.499 e. The molecule has 2 aromatic rings. The van der Waals surface area contributed by atoms with Crippen molar-refractivity contribution in [3.8, 4) is 11.1 Å². The first-order valence-corrected chi connectivity index (χ1v) is 6.00. The maximum Gasteiger partial charge on any atom is 0.186 e. The molecule has 0 saturated heterocycles. The number of hydrogen-bond donors (Lipinski definition) is 1. The van der Waals surface area contributed by atoms with Gasteiger partial charge in [-0.15, -0.1) is 11.8 Å². The van der Waals surface area contributed by atoms with Crippen LogP contribution in [0.1, 0.15) is 5.56 Å². The molecule has 1 N–H and O–H groups in total. The lowest BCUT2D eigenvalue weighted by atomic mass is 10.2. The quantitative estimate of drug-likeness (QED) is 0.752. The Morgan fingerprint density at radius 2 is 2.29 bits per heavy atom. The summed E-state index contributed by atoms with van der Waals surface area (Å²) in [5, 5.41) is 19.7. The smallest absolute Gasteiger partial charge is 0.186 e. The molecule has 0 radical (unpaired) electrons. The second kappa shape index (κ2) is 3.52. The Kier molecular flexibility index (Phi) is 2.36. The zero-order chi connectivity index (χ0) is 10.1. The summed E-state index contributed by atoms with van der Waals surface area (Å²) in [4.78, 5) is 0.898. The Labute approximate surface area is 89.8 Å². The van der Waals surface area contributed by atoms with Gasteiger partial charge >= 0.3 is 0 Å². The van der Waals surface area contributed by atoms with Gasteiger partial charge in [0.1, 0.15) is 0 Å². The topological polar surface area (TPSA) is 44.0 Å². The highest BCUT2D eigenvalue weighted by Gasteiger charge is 2.10. The third-order valence-electron chi connectivity index (χ3n) is 1.96. The number of thiophene rings is 1. The van der Waals surface area contributed by atoms with Gasteiger partial charge in [-0.2, -0.15) is 5.26 Å². The molecule has 1 heterocycles. The van der Waals surface area contributed by atoms with Crippen LogP contribution in [0.15, 0.2) is 23.1 Å². The van der Waals surface area contributed by atoms with Crippen molar-refractivity contribution in [3.63, 3.8) is 0 Å². The molecule has 0 atom stereocenters. The summed E-state index contributed by atoms with van der Waals surface area (Å²) in [6.07, 6.45) is 1.93. The molecule has 0 fully saturated rings. The Morgan fingerprint density at radius 3 is 2.93 bits per heavy atom. The minimum absolute atomic E-state index is 0.336. The summed E-state index contributed by atoms with van der Waals surface area (Å²) in [6.45, 7) is 0. The van der Waals surface area contributed by atoms with Gasteiger partial charge in [-0.1, -0.05) is 17.4 Å². The molecule has 14 heavy (non-hydrogen) atoms. The molecule has 0 unspecified atom stereocenters. The number of benzene rings is 1. The highest BCUT2D eigenvalue weighted by atomic mass is 32.2. The first kappa shape index (κ1) is 9.38. The van der Waals surface area contributed by atoms with Crippen molar-refractivity contribution < 1.29 is 5.11 Å². The molecule has 2 rings (SSSR count). The Hall–Kier alpha value is -1.18. The fourth-order valence-corrected chi connectivity index (χ4v) is 3.22. The van der Waals surface area contributed by atoms with Crippen LogP contribution in [0.3, 0.4) is 0 Å². The van der Waals surface area contributed by atoms with Gasteiger partial charge in [0, 0.05) is 10.1 Å². The van der Waals surface area contributed by atoms with Gasteiger partial charge in [0.15, 0.2) is 5.06 Å². The largest absolute Gasteiger partial charge is 0.499 e. The predicted octanol–water partition coefficient (Wildman–Crippen LogP) is 3.20. The van der Waals surface area contributed by atoms with Crippen LogP contribution in [0, 0.1) is 11.3 Å². The van der Waals surface area contributed by atoms with E-state index < -0.39 is 0 Å². The molecule has 0 aliphatic heterocycles. The summed E-state index contributed by atoms with van der Waals surface area (Å²) >= 11 is 2.84. The van der Waals surface area contributed by atoms with Crippen LogP contribution in [-0.4, -0.2) is 11.4 Å². The first-order chi connectivity index (χ1) is 6.76. The van der Waals surface area contributed by atoms with Crippen LogP contribution in [0.2, 0.25) is 0 Å². The number of nitrogens with zero attached hydrogens (tertiary/aromatic N) is 1. The van der Waals surface area contributed by atoms with E-state index in [0.717, 1.165) is 15.0 Å². The number of rotatable bonds is 1.